The minimum Gasteiger partial charge on any atom is -0.380 e. The first-order valence-corrected chi connectivity index (χ1v) is 7.14. The van der Waals surface area contributed by atoms with Gasteiger partial charge in [0.25, 0.3) is 0 Å². The third-order valence-electron chi connectivity index (χ3n) is 3.16. The van der Waals surface area contributed by atoms with Crippen molar-refractivity contribution in [3.05, 3.63) is 70.9 Å². The third kappa shape index (κ3) is 3.32. The van der Waals surface area contributed by atoms with E-state index in [2.05, 4.69) is 20.4 Å². The summed E-state index contributed by atoms with van der Waals surface area (Å²) < 4.78 is 0. The van der Waals surface area contributed by atoms with Crippen LogP contribution in [0, 0.1) is 0 Å². The second-order valence-electron chi connectivity index (χ2n) is 4.77. The number of hydrogen-bond donors (Lipinski definition) is 2. The summed E-state index contributed by atoms with van der Waals surface area (Å²) in [5.41, 5.74) is 9.11. The van der Waals surface area contributed by atoms with Crippen molar-refractivity contribution in [2.45, 2.75) is 6.42 Å². The Morgan fingerprint density at radius 3 is 2.45 bits per heavy atom. The Bertz CT molecular complexity index is 778. The van der Waals surface area contributed by atoms with Gasteiger partial charge in [-0.05, 0) is 29.8 Å². The van der Waals surface area contributed by atoms with E-state index in [-0.39, 0.29) is 0 Å². The minimum atomic E-state index is 0.337. The van der Waals surface area contributed by atoms with Crippen molar-refractivity contribution >= 4 is 28.8 Å². The van der Waals surface area contributed by atoms with Crippen LogP contribution < -0.4 is 5.73 Å². The third-order valence-corrected chi connectivity index (χ3v) is 3.41. The first kappa shape index (κ1) is 14.3. The van der Waals surface area contributed by atoms with E-state index in [0.29, 0.717) is 22.9 Å². The molecule has 0 saturated heterocycles. The van der Waals surface area contributed by atoms with Gasteiger partial charge in [0.15, 0.2) is 11.5 Å². The SMILES string of the molecule is Nc1n[nH]c(Cc2ccc(Cl)cc2)c1N=Nc1ccccc1. The molecule has 3 rings (SSSR count). The monoisotopic (exact) mass is 311 g/mol. The molecule has 0 aliphatic heterocycles. The molecule has 2 aromatic carbocycles. The second kappa shape index (κ2) is 6.41. The van der Waals surface area contributed by atoms with E-state index in [1.165, 1.54) is 0 Å². The van der Waals surface area contributed by atoms with Crippen LogP contribution in [0.15, 0.2) is 64.8 Å². The van der Waals surface area contributed by atoms with Crippen LogP contribution in [0.2, 0.25) is 5.02 Å². The number of aromatic nitrogens is 2. The molecule has 1 aromatic heterocycles. The molecule has 3 aromatic rings. The van der Waals surface area contributed by atoms with E-state index in [9.17, 15) is 0 Å². The van der Waals surface area contributed by atoms with Gasteiger partial charge < -0.3 is 5.73 Å². The van der Waals surface area contributed by atoms with Gasteiger partial charge in [-0.15, -0.1) is 5.11 Å². The predicted molar refractivity (Wildman–Crippen MR) is 87.9 cm³/mol. The molecular weight excluding hydrogens is 298 g/mol. The molecule has 1 heterocycles. The number of rotatable bonds is 4. The molecule has 0 spiro atoms. The van der Waals surface area contributed by atoms with Gasteiger partial charge in [0.1, 0.15) is 0 Å². The molecule has 0 amide bonds. The van der Waals surface area contributed by atoms with Gasteiger partial charge in [-0.2, -0.15) is 10.2 Å². The molecule has 3 N–H and O–H groups in total. The molecule has 6 heteroatoms. The maximum atomic E-state index is 5.89. The van der Waals surface area contributed by atoms with Gasteiger partial charge in [0.05, 0.1) is 11.4 Å². The van der Waals surface area contributed by atoms with Gasteiger partial charge in [-0.1, -0.05) is 41.9 Å². The number of azo groups is 1. The van der Waals surface area contributed by atoms with E-state index in [4.69, 9.17) is 17.3 Å². The number of nitrogen functional groups attached to an aromatic ring is 1. The summed E-state index contributed by atoms with van der Waals surface area (Å²) in [5, 5.41) is 16.1. The molecule has 0 saturated carbocycles. The van der Waals surface area contributed by atoms with Crippen LogP contribution in [-0.2, 0) is 6.42 Å². The van der Waals surface area contributed by atoms with Crippen molar-refractivity contribution in [3.63, 3.8) is 0 Å². The molecule has 0 unspecified atom stereocenters. The number of nitrogens with two attached hydrogens (primary N) is 1. The summed E-state index contributed by atoms with van der Waals surface area (Å²) in [6.45, 7) is 0. The maximum Gasteiger partial charge on any atom is 0.173 e. The highest BCUT2D eigenvalue weighted by Gasteiger charge is 2.11. The quantitative estimate of drug-likeness (QED) is 0.688. The van der Waals surface area contributed by atoms with Gasteiger partial charge in [0, 0.05) is 11.4 Å². The van der Waals surface area contributed by atoms with Crippen molar-refractivity contribution < 1.29 is 0 Å². The Balaban J connectivity index is 1.84. The topological polar surface area (TPSA) is 79.4 Å². The highest BCUT2D eigenvalue weighted by atomic mass is 35.5. The van der Waals surface area contributed by atoms with Crippen LogP contribution in [0.25, 0.3) is 0 Å². The molecule has 0 aliphatic rings. The fourth-order valence-corrected chi connectivity index (χ4v) is 2.16. The van der Waals surface area contributed by atoms with Crippen molar-refractivity contribution in [1.82, 2.24) is 10.2 Å². The lowest BCUT2D eigenvalue weighted by atomic mass is 10.1. The number of hydrogen-bond acceptors (Lipinski definition) is 4. The first-order chi connectivity index (χ1) is 10.7. The largest absolute Gasteiger partial charge is 0.380 e. The molecule has 0 bridgehead atoms. The Morgan fingerprint density at radius 2 is 1.73 bits per heavy atom. The molecule has 0 aliphatic carbocycles. The van der Waals surface area contributed by atoms with Crippen LogP contribution in [0.5, 0.6) is 0 Å². The summed E-state index contributed by atoms with van der Waals surface area (Å²) in [5.74, 6) is 0.337. The maximum absolute atomic E-state index is 5.89. The van der Waals surface area contributed by atoms with E-state index < -0.39 is 0 Å². The molecule has 0 atom stereocenters. The molecular formula is C16H14ClN5. The number of halogens is 1. The van der Waals surface area contributed by atoms with Crippen LogP contribution in [-0.4, -0.2) is 10.2 Å². The Morgan fingerprint density at radius 1 is 1.00 bits per heavy atom. The van der Waals surface area contributed by atoms with Crippen LogP contribution >= 0.6 is 11.6 Å². The number of nitrogens with zero attached hydrogens (tertiary/aromatic N) is 3. The summed E-state index contributed by atoms with van der Waals surface area (Å²) in [6.07, 6.45) is 0.629. The molecule has 22 heavy (non-hydrogen) atoms. The standard InChI is InChI=1S/C16H14ClN5/c17-12-8-6-11(7-9-12)10-14-15(16(18)22-20-14)21-19-13-4-2-1-3-5-13/h1-9H,10H2,(H3,18,20,22). The van der Waals surface area contributed by atoms with Crippen molar-refractivity contribution in [2.24, 2.45) is 10.2 Å². The molecule has 110 valence electrons. The smallest absolute Gasteiger partial charge is 0.173 e. The summed E-state index contributed by atoms with van der Waals surface area (Å²) in [7, 11) is 0. The first-order valence-electron chi connectivity index (χ1n) is 6.76. The Kier molecular flexibility index (Phi) is 4.16. The van der Waals surface area contributed by atoms with E-state index >= 15 is 0 Å². The minimum absolute atomic E-state index is 0.337. The Labute approximate surface area is 132 Å². The summed E-state index contributed by atoms with van der Waals surface area (Å²) in [6, 6.07) is 17.1. The lowest BCUT2D eigenvalue weighted by Gasteiger charge is -2.00. The zero-order valence-corrected chi connectivity index (χ0v) is 12.5. The Hall–Kier alpha value is -2.66. The molecule has 0 fully saturated rings. The normalized spacial score (nSPS) is 11.1. The van der Waals surface area contributed by atoms with Gasteiger partial charge >= 0.3 is 0 Å². The molecule has 0 radical (unpaired) electrons. The van der Waals surface area contributed by atoms with Gasteiger partial charge in [0.2, 0.25) is 0 Å². The lowest BCUT2D eigenvalue weighted by Crippen LogP contribution is -1.89. The van der Waals surface area contributed by atoms with Crippen LogP contribution in [0.1, 0.15) is 11.3 Å². The van der Waals surface area contributed by atoms with Crippen molar-refractivity contribution in [1.29, 1.82) is 0 Å². The summed E-state index contributed by atoms with van der Waals surface area (Å²) in [4.78, 5) is 0. The second-order valence-corrected chi connectivity index (χ2v) is 5.21. The van der Waals surface area contributed by atoms with E-state index in [1.807, 2.05) is 54.6 Å². The fourth-order valence-electron chi connectivity index (χ4n) is 2.03. The fraction of sp³-hybridized carbons (Fsp3) is 0.0625. The average molecular weight is 312 g/mol. The predicted octanol–water partition coefficient (Wildman–Crippen LogP) is 4.65. The number of aromatic amines is 1. The van der Waals surface area contributed by atoms with Crippen LogP contribution in [0.4, 0.5) is 17.2 Å². The highest BCUT2D eigenvalue weighted by molar-refractivity contribution is 6.30. The van der Waals surface area contributed by atoms with E-state index in [0.717, 1.165) is 16.9 Å². The number of H-pyrrole nitrogens is 1. The number of anilines is 1. The van der Waals surface area contributed by atoms with Crippen molar-refractivity contribution in [3.8, 4) is 0 Å². The number of nitrogens with one attached hydrogen (secondary N) is 1. The van der Waals surface area contributed by atoms with E-state index in [1.54, 1.807) is 0 Å². The lowest BCUT2D eigenvalue weighted by molar-refractivity contribution is 0.996. The van der Waals surface area contributed by atoms with Crippen LogP contribution in [0.3, 0.4) is 0 Å². The zero-order valence-electron chi connectivity index (χ0n) is 11.7. The highest BCUT2D eigenvalue weighted by Crippen LogP contribution is 2.28. The number of benzene rings is 2. The van der Waals surface area contributed by atoms with Gasteiger partial charge in [-0.25, -0.2) is 0 Å². The average Bonchev–Trinajstić information content (AvgIpc) is 2.89. The van der Waals surface area contributed by atoms with Gasteiger partial charge in [-0.3, -0.25) is 5.10 Å². The summed E-state index contributed by atoms with van der Waals surface area (Å²) >= 11 is 5.89. The zero-order chi connectivity index (χ0) is 15.4. The molecule has 5 nitrogen and oxygen atoms in total. The van der Waals surface area contributed by atoms with Crippen molar-refractivity contribution in [2.75, 3.05) is 5.73 Å².